The second-order valence-electron chi connectivity index (χ2n) is 3.35. The summed E-state index contributed by atoms with van der Waals surface area (Å²) in [5.74, 6) is 0. The lowest BCUT2D eigenvalue weighted by Gasteiger charge is -2.08. The van der Waals surface area contributed by atoms with Gasteiger partial charge in [0.05, 0.1) is 6.10 Å². The molecule has 0 saturated carbocycles. The van der Waals surface area contributed by atoms with Crippen molar-refractivity contribution in [2.45, 2.75) is 12.5 Å². The highest BCUT2D eigenvalue weighted by Gasteiger charge is 2.07. The standard InChI is InChI=1S/C12H13NO/c14-12(11-6-7-13-9-11)8-10-4-2-1-3-5-10/h1-7,9,12-14H,8H2. The van der Waals surface area contributed by atoms with E-state index >= 15 is 0 Å². The fourth-order valence-electron chi connectivity index (χ4n) is 1.50. The SMILES string of the molecule is OC(Cc1ccccc1)c1cc[nH]c1. The van der Waals surface area contributed by atoms with Gasteiger partial charge in [0, 0.05) is 18.8 Å². The van der Waals surface area contributed by atoms with Crippen molar-refractivity contribution >= 4 is 0 Å². The maximum Gasteiger partial charge on any atom is 0.0844 e. The Bertz CT molecular complexity index is 366. The number of rotatable bonds is 3. The number of aliphatic hydroxyl groups excluding tert-OH is 1. The zero-order valence-corrected chi connectivity index (χ0v) is 7.85. The average Bonchev–Trinajstić information content (AvgIpc) is 2.72. The first-order valence-electron chi connectivity index (χ1n) is 4.71. The number of aliphatic hydroxyl groups is 1. The summed E-state index contributed by atoms with van der Waals surface area (Å²) in [6.07, 6.45) is 3.90. The van der Waals surface area contributed by atoms with Crippen molar-refractivity contribution in [3.63, 3.8) is 0 Å². The Kier molecular flexibility index (Phi) is 2.65. The van der Waals surface area contributed by atoms with Gasteiger partial charge < -0.3 is 10.1 Å². The molecule has 0 radical (unpaired) electrons. The quantitative estimate of drug-likeness (QED) is 0.759. The van der Waals surface area contributed by atoms with Gasteiger partial charge >= 0.3 is 0 Å². The van der Waals surface area contributed by atoms with Crippen molar-refractivity contribution in [1.29, 1.82) is 0 Å². The molecule has 72 valence electrons. The smallest absolute Gasteiger partial charge is 0.0844 e. The zero-order chi connectivity index (χ0) is 9.80. The molecule has 14 heavy (non-hydrogen) atoms. The summed E-state index contributed by atoms with van der Waals surface area (Å²) >= 11 is 0. The van der Waals surface area contributed by atoms with Crippen LogP contribution in [0.15, 0.2) is 48.8 Å². The number of benzene rings is 1. The normalized spacial score (nSPS) is 12.6. The highest BCUT2D eigenvalue weighted by atomic mass is 16.3. The first-order valence-corrected chi connectivity index (χ1v) is 4.71. The summed E-state index contributed by atoms with van der Waals surface area (Å²) in [7, 11) is 0. The topological polar surface area (TPSA) is 36.0 Å². The van der Waals surface area contributed by atoms with Gasteiger partial charge in [0.2, 0.25) is 0 Å². The second kappa shape index (κ2) is 4.11. The molecule has 1 unspecified atom stereocenters. The van der Waals surface area contributed by atoms with Gasteiger partial charge in [0.25, 0.3) is 0 Å². The van der Waals surface area contributed by atoms with Crippen LogP contribution in [0.1, 0.15) is 17.2 Å². The Morgan fingerprint density at radius 3 is 2.57 bits per heavy atom. The van der Waals surface area contributed by atoms with E-state index in [1.54, 1.807) is 0 Å². The Morgan fingerprint density at radius 2 is 1.93 bits per heavy atom. The van der Waals surface area contributed by atoms with Gasteiger partial charge in [0.15, 0.2) is 0 Å². The molecule has 2 N–H and O–H groups in total. The van der Waals surface area contributed by atoms with Crippen LogP contribution in [0.3, 0.4) is 0 Å². The molecule has 0 saturated heterocycles. The number of H-pyrrole nitrogens is 1. The van der Waals surface area contributed by atoms with Crippen molar-refractivity contribution in [2.75, 3.05) is 0 Å². The van der Waals surface area contributed by atoms with Crippen LogP contribution < -0.4 is 0 Å². The molecule has 0 aliphatic heterocycles. The maximum atomic E-state index is 9.84. The number of aromatic nitrogens is 1. The third-order valence-electron chi connectivity index (χ3n) is 2.28. The lowest BCUT2D eigenvalue weighted by molar-refractivity contribution is 0.178. The number of hydrogen-bond donors (Lipinski definition) is 2. The predicted molar refractivity (Wildman–Crippen MR) is 55.9 cm³/mol. The molecule has 0 aliphatic rings. The van der Waals surface area contributed by atoms with E-state index in [4.69, 9.17) is 0 Å². The summed E-state index contributed by atoms with van der Waals surface area (Å²) in [6, 6.07) is 11.9. The van der Waals surface area contributed by atoms with Gasteiger partial charge in [-0.1, -0.05) is 30.3 Å². The fraction of sp³-hybridized carbons (Fsp3) is 0.167. The molecule has 2 heteroatoms. The van der Waals surface area contributed by atoms with Crippen LogP contribution in [0.4, 0.5) is 0 Å². The molecule has 2 nitrogen and oxygen atoms in total. The molecule has 0 fully saturated rings. The summed E-state index contributed by atoms with van der Waals surface area (Å²) in [4.78, 5) is 2.94. The van der Waals surface area contributed by atoms with E-state index in [9.17, 15) is 5.11 Å². The van der Waals surface area contributed by atoms with Crippen molar-refractivity contribution in [1.82, 2.24) is 4.98 Å². The van der Waals surface area contributed by atoms with E-state index in [1.807, 2.05) is 48.8 Å². The molecule has 0 amide bonds. The average molecular weight is 187 g/mol. The Balaban J connectivity index is 2.06. The van der Waals surface area contributed by atoms with E-state index in [2.05, 4.69) is 4.98 Å². The van der Waals surface area contributed by atoms with Crippen LogP contribution in [0.25, 0.3) is 0 Å². The van der Waals surface area contributed by atoms with E-state index < -0.39 is 6.10 Å². The molecule has 2 aromatic rings. The third-order valence-corrected chi connectivity index (χ3v) is 2.28. The number of hydrogen-bond acceptors (Lipinski definition) is 1. The van der Waals surface area contributed by atoms with E-state index in [0.717, 1.165) is 11.1 Å². The monoisotopic (exact) mass is 187 g/mol. The zero-order valence-electron chi connectivity index (χ0n) is 7.85. The van der Waals surface area contributed by atoms with Gasteiger partial charge in [0.1, 0.15) is 0 Å². The molecule has 2 rings (SSSR count). The lowest BCUT2D eigenvalue weighted by atomic mass is 10.0. The van der Waals surface area contributed by atoms with Crippen LogP contribution >= 0.6 is 0 Å². The molecule has 0 spiro atoms. The Labute approximate surface area is 83.2 Å². The van der Waals surface area contributed by atoms with E-state index in [1.165, 1.54) is 0 Å². The molecule has 1 heterocycles. The van der Waals surface area contributed by atoms with E-state index in [0.29, 0.717) is 6.42 Å². The minimum atomic E-state index is -0.413. The van der Waals surface area contributed by atoms with Crippen LogP contribution in [0.5, 0.6) is 0 Å². The number of aromatic amines is 1. The molecular formula is C12H13NO. The van der Waals surface area contributed by atoms with Crippen molar-refractivity contribution in [3.8, 4) is 0 Å². The van der Waals surface area contributed by atoms with Crippen LogP contribution in [-0.2, 0) is 6.42 Å². The fourth-order valence-corrected chi connectivity index (χ4v) is 1.50. The molecule has 1 aromatic heterocycles. The first-order chi connectivity index (χ1) is 6.86. The molecule has 1 aromatic carbocycles. The first kappa shape index (κ1) is 9.03. The Morgan fingerprint density at radius 1 is 1.14 bits per heavy atom. The molecular weight excluding hydrogens is 174 g/mol. The summed E-state index contributed by atoms with van der Waals surface area (Å²) in [6.45, 7) is 0. The Hall–Kier alpha value is -1.54. The van der Waals surface area contributed by atoms with Crippen LogP contribution in [-0.4, -0.2) is 10.1 Å². The van der Waals surface area contributed by atoms with Gasteiger partial charge in [-0.3, -0.25) is 0 Å². The van der Waals surface area contributed by atoms with Crippen molar-refractivity contribution < 1.29 is 5.11 Å². The third kappa shape index (κ3) is 2.03. The minimum Gasteiger partial charge on any atom is -0.388 e. The van der Waals surface area contributed by atoms with Gasteiger partial charge in [-0.15, -0.1) is 0 Å². The maximum absolute atomic E-state index is 9.84. The molecule has 0 bridgehead atoms. The van der Waals surface area contributed by atoms with Gasteiger partial charge in [-0.2, -0.15) is 0 Å². The predicted octanol–water partition coefficient (Wildman–Crippen LogP) is 2.29. The molecule has 0 aliphatic carbocycles. The lowest BCUT2D eigenvalue weighted by Crippen LogP contribution is -1.99. The number of nitrogens with one attached hydrogen (secondary N) is 1. The largest absolute Gasteiger partial charge is 0.388 e. The summed E-state index contributed by atoms with van der Waals surface area (Å²) in [5.41, 5.74) is 2.09. The van der Waals surface area contributed by atoms with Crippen molar-refractivity contribution in [3.05, 3.63) is 59.9 Å². The summed E-state index contributed by atoms with van der Waals surface area (Å²) in [5, 5.41) is 9.84. The highest BCUT2D eigenvalue weighted by molar-refractivity contribution is 5.19. The van der Waals surface area contributed by atoms with Crippen molar-refractivity contribution in [2.24, 2.45) is 0 Å². The van der Waals surface area contributed by atoms with Gasteiger partial charge in [-0.05, 0) is 17.2 Å². The van der Waals surface area contributed by atoms with Crippen LogP contribution in [0, 0.1) is 0 Å². The minimum absolute atomic E-state index is 0.413. The summed E-state index contributed by atoms with van der Waals surface area (Å²) < 4.78 is 0. The van der Waals surface area contributed by atoms with Gasteiger partial charge in [-0.25, -0.2) is 0 Å². The highest BCUT2D eigenvalue weighted by Crippen LogP contribution is 2.16. The second-order valence-corrected chi connectivity index (χ2v) is 3.35. The van der Waals surface area contributed by atoms with Crippen LogP contribution in [0.2, 0.25) is 0 Å². The van der Waals surface area contributed by atoms with E-state index in [-0.39, 0.29) is 0 Å². The molecule has 1 atom stereocenters.